The number of nitrogen functional groups attached to an aromatic ring is 1. The zero-order valence-electron chi connectivity index (χ0n) is 10.3. The number of rotatable bonds is 4. The highest BCUT2D eigenvalue weighted by atomic mass is 32.1. The van der Waals surface area contributed by atoms with Crippen LogP contribution in [0.3, 0.4) is 0 Å². The lowest BCUT2D eigenvalue weighted by atomic mass is 10.1. The maximum absolute atomic E-state index is 5.85. The summed E-state index contributed by atoms with van der Waals surface area (Å²) in [5, 5.41) is 2.12. The summed E-state index contributed by atoms with van der Waals surface area (Å²) in [6.07, 6.45) is 0. The Hall–Kier alpha value is -1.48. The predicted molar refractivity (Wildman–Crippen MR) is 76.6 cm³/mol. The smallest absolute Gasteiger partial charge is 0.0522 e. The van der Waals surface area contributed by atoms with E-state index >= 15 is 0 Å². The minimum atomic E-state index is 0.862. The molecule has 17 heavy (non-hydrogen) atoms. The molecule has 0 atom stereocenters. The van der Waals surface area contributed by atoms with E-state index in [2.05, 4.69) is 48.4 Å². The highest BCUT2D eigenvalue weighted by Crippen LogP contribution is 2.23. The highest BCUT2D eigenvalue weighted by molar-refractivity contribution is 7.09. The summed E-state index contributed by atoms with van der Waals surface area (Å²) < 4.78 is 0. The molecule has 1 aromatic carbocycles. The summed E-state index contributed by atoms with van der Waals surface area (Å²) in [5.41, 5.74) is 9.10. The van der Waals surface area contributed by atoms with Gasteiger partial charge in [0.1, 0.15) is 0 Å². The molecule has 2 aromatic rings. The molecule has 0 aliphatic rings. The monoisotopic (exact) mass is 246 g/mol. The van der Waals surface area contributed by atoms with Crippen LogP contribution in [0.5, 0.6) is 0 Å². The van der Waals surface area contributed by atoms with Crippen LogP contribution in [0.15, 0.2) is 35.7 Å². The number of benzene rings is 1. The van der Waals surface area contributed by atoms with E-state index in [9.17, 15) is 0 Å². The second-order valence-corrected chi connectivity index (χ2v) is 5.17. The van der Waals surface area contributed by atoms with Crippen molar-refractivity contribution in [3.8, 4) is 0 Å². The standard InChI is InChI=1S/C14H18N2S/c1-3-16(10-13-5-4-8-17-13)12-6-7-14(15)11(2)9-12/h4-9H,3,10,15H2,1-2H3. The second-order valence-electron chi connectivity index (χ2n) is 4.13. The van der Waals surface area contributed by atoms with Crippen molar-refractivity contribution < 1.29 is 0 Å². The van der Waals surface area contributed by atoms with Gasteiger partial charge in [-0.2, -0.15) is 0 Å². The summed E-state index contributed by atoms with van der Waals surface area (Å²) in [6.45, 7) is 6.20. The Morgan fingerprint density at radius 1 is 1.29 bits per heavy atom. The van der Waals surface area contributed by atoms with Crippen LogP contribution >= 0.6 is 11.3 Å². The molecule has 0 aliphatic heterocycles. The number of hydrogen-bond donors (Lipinski definition) is 1. The van der Waals surface area contributed by atoms with E-state index in [1.54, 1.807) is 11.3 Å². The van der Waals surface area contributed by atoms with Crippen LogP contribution in [0.1, 0.15) is 17.4 Å². The van der Waals surface area contributed by atoms with Crippen molar-refractivity contribution in [1.29, 1.82) is 0 Å². The molecule has 0 saturated carbocycles. The van der Waals surface area contributed by atoms with E-state index in [4.69, 9.17) is 5.73 Å². The van der Waals surface area contributed by atoms with E-state index in [-0.39, 0.29) is 0 Å². The van der Waals surface area contributed by atoms with Crippen molar-refractivity contribution in [2.24, 2.45) is 0 Å². The van der Waals surface area contributed by atoms with Crippen LogP contribution in [-0.2, 0) is 6.54 Å². The predicted octanol–water partition coefficient (Wildman–Crippen LogP) is 3.67. The third-order valence-corrected chi connectivity index (χ3v) is 3.79. The lowest BCUT2D eigenvalue weighted by Gasteiger charge is -2.23. The van der Waals surface area contributed by atoms with Gasteiger partial charge in [0, 0.05) is 22.8 Å². The van der Waals surface area contributed by atoms with Crippen LogP contribution in [0.4, 0.5) is 11.4 Å². The molecule has 2 nitrogen and oxygen atoms in total. The molecule has 0 amide bonds. The molecule has 1 heterocycles. The molecule has 3 heteroatoms. The average molecular weight is 246 g/mol. The quantitative estimate of drug-likeness (QED) is 0.834. The fraction of sp³-hybridized carbons (Fsp3) is 0.286. The minimum Gasteiger partial charge on any atom is -0.399 e. The maximum Gasteiger partial charge on any atom is 0.0522 e. The first-order chi connectivity index (χ1) is 8.20. The topological polar surface area (TPSA) is 29.3 Å². The average Bonchev–Trinajstić information content (AvgIpc) is 2.82. The first-order valence-electron chi connectivity index (χ1n) is 5.84. The molecule has 0 fully saturated rings. The minimum absolute atomic E-state index is 0.862. The van der Waals surface area contributed by atoms with Crippen molar-refractivity contribution >= 4 is 22.7 Å². The molecular weight excluding hydrogens is 228 g/mol. The summed E-state index contributed by atoms with van der Waals surface area (Å²) in [6, 6.07) is 10.5. The zero-order valence-corrected chi connectivity index (χ0v) is 11.1. The zero-order chi connectivity index (χ0) is 12.3. The van der Waals surface area contributed by atoms with Gasteiger partial charge in [-0.25, -0.2) is 0 Å². The van der Waals surface area contributed by atoms with Gasteiger partial charge in [-0.1, -0.05) is 6.07 Å². The van der Waals surface area contributed by atoms with Crippen LogP contribution in [0.25, 0.3) is 0 Å². The number of nitrogens with two attached hydrogens (primary N) is 1. The van der Waals surface area contributed by atoms with Crippen molar-refractivity contribution in [3.05, 3.63) is 46.2 Å². The Bertz CT molecular complexity index is 477. The van der Waals surface area contributed by atoms with Gasteiger partial charge in [-0.05, 0) is 49.1 Å². The lowest BCUT2D eigenvalue weighted by Crippen LogP contribution is -2.21. The molecule has 0 aliphatic carbocycles. The molecule has 0 saturated heterocycles. The van der Waals surface area contributed by atoms with E-state index in [0.29, 0.717) is 0 Å². The second kappa shape index (κ2) is 5.23. The van der Waals surface area contributed by atoms with Gasteiger partial charge in [0.05, 0.1) is 6.54 Å². The molecule has 0 bridgehead atoms. The van der Waals surface area contributed by atoms with Crippen LogP contribution < -0.4 is 10.6 Å². The molecule has 0 radical (unpaired) electrons. The van der Waals surface area contributed by atoms with E-state index < -0.39 is 0 Å². The fourth-order valence-corrected chi connectivity index (χ4v) is 2.55. The van der Waals surface area contributed by atoms with Crippen molar-refractivity contribution in [3.63, 3.8) is 0 Å². The van der Waals surface area contributed by atoms with Gasteiger partial charge in [-0.3, -0.25) is 0 Å². The fourth-order valence-electron chi connectivity index (χ4n) is 1.83. The lowest BCUT2D eigenvalue weighted by molar-refractivity contribution is 0.842. The van der Waals surface area contributed by atoms with Gasteiger partial charge in [-0.15, -0.1) is 11.3 Å². The Morgan fingerprint density at radius 3 is 2.71 bits per heavy atom. The van der Waals surface area contributed by atoms with Gasteiger partial charge >= 0.3 is 0 Å². The molecule has 1 aromatic heterocycles. The van der Waals surface area contributed by atoms with Crippen molar-refractivity contribution in [2.75, 3.05) is 17.2 Å². The number of nitrogens with zero attached hydrogens (tertiary/aromatic N) is 1. The van der Waals surface area contributed by atoms with Gasteiger partial charge in [0.15, 0.2) is 0 Å². The Balaban J connectivity index is 2.20. The van der Waals surface area contributed by atoms with Gasteiger partial charge in [0.25, 0.3) is 0 Å². The molecule has 2 N–H and O–H groups in total. The summed E-state index contributed by atoms with van der Waals surface area (Å²) in [4.78, 5) is 3.75. The number of aryl methyl sites for hydroxylation is 1. The maximum atomic E-state index is 5.85. The summed E-state index contributed by atoms with van der Waals surface area (Å²) in [5.74, 6) is 0. The molecule has 0 spiro atoms. The Morgan fingerprint density at radius 2 is 2.12 bits per heavy atom. The largest absolute Gasteiger partial charge is 0.399 e. The highest BCUT2D eigenvalue weighted by Gasteiger charge is 2.07. The first kappa shape index (κ1) is 12.0. The van der Waals surface area contributed by atoms with Gasteiger partial charge in [0.2, 0.25) is 0 Å². The van der Waals surface area contributed by atoms with E-state index in [0.717, 1.165) is 24.3 Å². The molecular formula is C14H18N2S. The number of thiophene rings is 1. The number of hydrogen-bond acceptors (Lipinski definition) is 3. The van der Waals surface area contributed by atoms with Crippen LogP contribution in [-0.4, -0.2) is 6.54 Å². The van der Waals surface area contributed by atoms with Crippen LogP contribution in [0.2, 0.25) is 0 Å². The SMILES string of the molecule is CCN(Cc1cccs1)c1ccc(N)c(C)c1. The normalized spacial score (nSPS) is 10.5. The third-order valence-electron chi connectivity index (χ3n) is 2.93. The third kappa shape index (κ3) is 2.80. The van der Waals surface area contributed by atoms with E-state index in [1.807, 2.05) is 6.07 Å². The van der Waals surface area contributed by atoms with Gasteiger partial charge < -0.3 is 10.6 Å². The first-order valence-corrected chi connectivity index (χ1v) is 6.72. The summed E-state index contributed by atoms with van der Waals surface area (Å²) >= 11 is 1.80. The number of anilines is 2. The van der Waals surface area contributed by atoms with Crippen molar-refractivity contribution in [1.82, 2.24) is 0 Å². The van der Waals surface area contributed by atoms with E-state index in [1.165, 1.54) is 10.6 Å². The van der Waals surface area contributed by atoms with Crippen molar-refractivity contribution in [2.45, 2.75) is 20.4 Å². The van der Waals surface area contributed by atoms with Crippen LogP contribution in [0, 0.1) is 6.92 Å². The molecule has 0 unspecified atom stereocenters. The Labute approximate surface area is 107 Å². The molecule has 2 rings (SSSR count). The Kier molecular flexibility index (Phi) is 3.69. The summed E-state index contributed by atoms with van der Waals surface area (Å²) in [7, 11) is 0. The molecule has 90 valence electrons.